The summed E-state index contributed by atoms with van der Waals surface area (Å²) in [4.78, 5) is 3.09. The van der Waals surface area contributed by atoms with Crippen LogP contribution < -0.4 is 21.9 Å². The molecule has 8 heteroatoms. The molecule has 1 N–H and O–H groups in total. The van der Waals surface area contributed by atoms with E-state index < -0.39 is 10.0 Å². The predicted molar refractivity (Wildman–Crippen MR) is 67.8 cm³/mol. The third-order valence-electron chi connectivity index (χ3n) is 2.39. The predicted octanol–water partition coefficient (Wildman–Crippen LogP) is -0.738. The Hall–Kier alpha value is -1.36. The highest BCUT2D eigenvalue weighted by Crippen LogP contribution is 2.29. The lowest BCUT2D eigenvalue weighted by atomic mass is 10.3. The van der Waals surface area contributed by atoms with Crippen molar-refractivity contribution in [2.75, 3.05) is 13.7 Å². The molecule has 0 aromatic heterocycles. The summed E-state index contributed by atoms with van der Waals surface area (Å²) in [5.41, 5.74) is 0.185. The van der Waals surface area contributed by atoms with Crippen molar-refractivity contribution in [3.8, 4) is 5.75 Å². The molecule has 6 nitrogen and oxygen atoms in total. The SMILES string of the molecule is CCCCNS(=O)(=O)c1ccc([N+]#N)c(OC)c1.[Cl-]. The first kappa shape index (κ1) is 17.6. The lowest BCUT2D eigenvalue weighted by Crippen LogP contribution is -3.00. The van der Waals surface area contributed by atoms with Gasteiger partial charge >= 0.3 is 5.69 Å². The number of hydrogen-bond donors (Lipinski definition) is 1. The van der Waals surface area contributed by atoms with Crippen molar-refractivity contribution in [3.05, 3.63) is 23.2 Å². The monoisotopic (exact) mass is 305 g/mol. The van der Waals surface area contributed by atoms with Gasteiger partial charge in [-0.25, -0.2) is 13.1 Å². The molecule has 0 fully saturated rings. The van der Waals surface area contributed by atoms with Gasteiger partial charge in [0.1, 0.15) is 0 Å². The summed E-state index contributed by atoms with van der Waals surface area (Å²) in [6.45, 7) is 2.38. The molecule has 19 heavy (non-hydrogen) atoms. The fraction of sp³-hybridized carbons (Fsp3) is 0.455. The van der Waals surface area contributed by atoms with E-state index in [4.69, 9.17) is 10.1 Å². The number of nitrogens with one attached hydrogen (secondary N) is 1. The van der Waals surface area contributed by atoms with Crippen molar-refractivity contribution >= 4 is 15.7 Å². The third-order valence-corrected chi connectivity index (χ3v) is 3.85. The first-order valence-corrected chi connectivity index (χ1v) is 7.06. The molecule has 0 aliphatic rings. The van der Waals surface area contributed by atoms with Crippen LogP contribution in [0.4, 0.5) is 5.69 Å². The number of rotatable bonds is 6. The first-order valence-electron chi connectivity index (χ1n) is 5.58. The van der Waals surface area contributed by atoms with Gasteiger partial charge in [-0.15, -0.1) is 0 Å². The molecule has 0 bridgehead atoms. The molecular formula is C11H16ClN3O3S. The smallest absolute Gasteiger partial charge is 0.426 e. The summed E-state index contributed by atoms with van der Waals surface area (Å²) in [7, 11) is -2.16. The number of halogens is 1. The van der Waals surface area contributed by atoms with Crippen molar-refractivity contribution in [2.45, 2.75) is 24.7 Å². The Morgan fingerprint density at radius 2 is 2.11 bits per heavy atom. The van der Waals surface area contributed by atoms with E-state index >= 15 is 0 Å². The normalized spacial score (nSPS) is 10.4. The van der Waals surface area contributed by atoms with Crippen molar-refractivity contribution in [3.63, 3.8) is 0 Å². The summed E-state index contributed by atoms with van der Waals surface area (Å²) < 4.78 is 31.3. The molecule has 0 heterocycles. The van der Waals surface area contributed by atoms with Crippen LogP contribution in [0.25, 0.3) is 4.98 Å². The Morgan fingerprint density at radius 1 is 1.42 bits per heavy atom. The number of unbranched alkanes of at least 4 members (excludes halogenated alkanes) is 1. The summed E-state index contributed by atoms with van der Waals surface area (Å²) >= 11 is 0. The average molecular weight is 306 g/mol. The van der Waals surface area contributed by atoms with E-state index in [0.29, 0.717) is 6.54 Å². The lowest BCUT2D eigenvalue weighted by molar-refractivity contribution is -0.00000686. The van der Waals surface area contributed by atoms with Gasteiger partial charge in [0.15, 0.2) is 4.98 Å². The molecule has 1 aromatic rings. The molecule has 0 amide bonds. The maximum absolute atomic E-state index is 11.9. The van der Waals surface area contributed by atoms with Crippen LogP contribution in [0.1, 0.15) is 19.8 Å². The van der Waals surface area contributed by atoms with Crippen molar-refractivity contribution in [1.29, 1.82) is 5.39 Å². The molecule has 0 radical (unpaired) electrons. The van der Waals surface area contributed by atoms with E-state index in [1.807, 2.05) is 6.92 Å². The van der Waals surface area contributed by atoms with Crippen LogP contribution in [0.5, 0.6) is 5.75 Å². The molecule has 0 saturated carbocycles. The summed E-state index contributed by atoms with van der Waals surface area (Å²) in [6, 6.07) is 4.07. The van der Waals surface area contributed by atoms with E-state index in [1.54, 1.807) is 0 Å². The number of ether oxygens (including phenoxy) is 1. The molecule has 0 atom stereocenters. The largest absolute Gasteiger partial charge is 1.00 e. The molecule has 0 unspecified atom stereocenters. The van der Waals surface area contributed by atoms with E-state index in [9.17, 15) is 8.42 Å². The van der Waals surface area contributed by atoms with E-state index in [-0.39, 0.29) is 28.7 Å². The van der Waals surface area contributed by atoms with Crippen LogP contribution >= 0.6 is 0 Å². The quantitative estimate of drug-likeness (QED) is 0.554. The fourth-order valence-electron chi connectivity index (χ4n) is 1.37. The minimum absolute atomic E-state index is 0. The summed E-state index contributed by atoms with van der Waals surface area (Å²) in [5.74, 6) is 0.205. The molecule has 1 aromatic carbocycles. The third kappa shape index (κ3) is 4.67. The second kappa shape index (κ2) is 7.94. The van der Waals surface area contributed by atoms with Gasteiger partial charge in [-0.3, -0.25) is 0 Å². The van der Waals surface area contributed by atoms with Crippen LogP contribution in [-0.2, 0) is 10.0 Å². The van der Waals surface area contributed by atoms with Gasteiger partial charge in [-0.05, 0) is 12.5 Å². The minimum Gasteiger partial charge on any atom is -1.00 e. The van der Waals surface area contributed by atoms with Crippen molar-refractivity contribution in [1.82, 2.24) is 4.72 Å². The standard InChI is InChI=1S/C11H16N3O3S.ClH/c1-3-4-7-13-18(15,16)9-5-6-10(14-12)11(8-9)17-2;/h5-6,8,13H,3-4,7H2,1-2H3;1H/q+1;/p-1. The number of benzene rings is 1. The van der Waals surface area contributed by atoms with Gasteiger partial charge in [-0.2, -0.15) is 0 Å². The van der Waals surface area contributed by atoms with Crippen LogP contribution in [0, 0.1) is 5.39 Å². The Kier molecular flexibility index (Phi) is 7.37. The van der Waals surface area contributed by atoms with Gasteiger partial charge in [0, 0.05) is 18.7 Å². The van der Waals surface area contributed by atoms with Gasteiger partial charge < -0.3 is 17.1 Å². The molecule has 0 aliphatic heterocycles. The van der Waals surface area contributed by atoms with E-state index in [1.165, 1.54) is 25.3 Å². The highest BCUT2D eigenvalue weighted by molar-refractivity contribution is 7.89. The molecule has 0 saturated heterocycles. The zero-order valence-electron chi connectivity index (χ0n) is 10.8. The molecule has 0 aliphatic carbocycles. The Morgan fingerprint density at radius 3 is 2.63 bits per heavy atom. The minimum atomic E-state index is -3.54. The molecule has 1 rings (SSSR count). The van der Waals surface area contributed by atoms with Crippen LogP contribution in [0.3, 0.4) is 0 Å². The number of hydrogen-bond acceptors (Lipinski definition) is 4. The zero-order valence-corrected chi connectivity index (χ0v) is 12.3. The first-order chi connectivity index (χ1) is 8.55. The second-order valence-corrected chi connectivity index (χ2v) is 5.45. The topological polar surface area (TPSA) is 83.5 Å². The number of diazo groups is 1. The lowest BCUT2D eigenvalue weighted by Gasteiger charge is -2.06. The van der Waals surface area contributed by atoms with Gasteiger partial charge in [0.2, 0.25) is 21.2 Å². The van der Waals surface area contributed by atoms with Crippen molar-refractivity contribution < 1.29 is 25.6 Å². The number of methoxy groups -OCH3 is 1. The zero-order chi connectivity index (χ0) is 13.6. The Labute approximate surface area is 119 Å². The Balaban J connectivity index is 0.00000324. The van der Waals surface area contributed by atoms with Crippen LogP contribution in [0.2, 0.25) is 0 Å². The average Bonchev–Trinajstić information content (AvgIpc) is 2.38. The number of nitrogens with zero attached hydrogens (tertiary/aromatic N) is 2. The van der Waals surface area contributed by atoms with Gasteiger partial charge in [-0.1, -0.05) is 13.3 Å². The molecule has 106 valence electrons. The number of sulfonamides is 1. The van der Waals surface area contributed by atoms with Crippen LogP contribution in [-0.4, -0.2) is 22.1 Å². The fourth-order valence-corrected chi connectivity index (χ4v) is 2.46. The highest BCUT2D eigenvalue weighted by Gasteiger charge is 2.20. The van der Waals surface area contributed by atoms with Crippen LogP contribution in [0.15, 0.2) is 23.1 Å². The summed E-state index contributed by atoms with van der Waals surface area (Å²) in [5, 5.41) is 8.70. The molecular weight excluding hydrogens is 290 g/mol. The van der Waals surface area contributed by atoms with Crippen molar-refractivity contribution in [2.24, 2.45) is 0 Å². The second-order valence-electron chi connectivity index (χ2n) is 3.68. The van der Waals surface area contributed by atoms with Gasteiger partial charge in [0.05, 0.1) is 12.0 Å². The highest BCUT2D eigenvalue weighted by atomic mass is 35.5. The Bertz CT molecular complexity index is 555. The van der Waals surface area contributed by atoms with E-state index in [0.717, 1.165) is 12.8 Å². The van der Waals surface area contributed by atoms with Gasteiger partial charge in [0.25, 0.3) is 0 Å². The maximum Gasteiger partial charge on any atom is 0.426 e. The van der Waals surface area contributed by atoms with E-state index in [2.05, 4.69) is 9.70 Å². The summed E-state index contributed by atoms with van der Waals surface area (Å²) in [6.07, 6.45) is 1.69. The molecule has 0 spiro atoms. The maximum atomic E-state index is 11.9.